The summed E-state index contributed by atoms with van der Waals surface area (Å²) in [4.78, 5) is 0. The molecule has 1 aromatic rings. The molecule has 4 nitrogen and oxygen atoms in total. The lowest BCUT2D eigenvalue weighted by atomic mass is 10.0. The average molecular weight is 295 g/mol. The fraction of sp³-hybridized carbons (Fsp3) is 0.600. The van der Waals surface area contributed by atoms with Crippen LogP contribution in [-0.4, -0.2) is 32.1 Å². The van der Waals surface area contributed by atoms with Gasteiger partial charge in [0.1, 0.15) is 17.1 Å². The van der Waals surface area contributed by atoms with E-state index < -0.39 is 14.6 Å². The summed E-state index contributed by atoms with van der Waals surface area (Å²) in [5.41, 5.74) is 2.30. The number of hydrogen-bond acceptors (Lipinski definition) is 4. The molecular weight excluding hydrogens is 274 g/mol. The zero-order valence-electron chi connectivity index (χ0n) is 11.8. The summed E-state index contributed by atoms with van der Waals surface area (Å²) >= 11 is 0. The molecule has 0 bridgehead atoms. The molecule has 1 atom stereocenters. The number of anilines is 1. The van der Waals surface area contributed by atoms with Crippen LogP contribution in [0.5, 0.6) is 5.75 Å². The van der Waals surface area contributed by atoms with Gasteiger partial charge in [0, 0.05) is 17.8 Å². The Morgan fingerprint density at radius 3 is 2.95 bits per heavy atom. The maximum absolute atomic E-state index is 12.1. The van der Waals surface area contributed by atoms with E-state index in [-0.39, 0.29) is 6.61 Å². The molecule has 3 rings (SSSR count). The SMILES string of the molecule is CC1(COc2cccc3c2CCCN3)CCCS1(=O)=O. The van der Waals surface area contributed by atoms with E-state index in [1.165, 1.54) is 5.56 Å². The monoisotopic (exact) mass is 295 g/mol. The van der Waals surface area contributed by atoms with Crippen molar-refractivity contribution in [2.45, 2.75) is 37.4 Å². The molecule has 0 saturated carbocycles. The number of fused-ring (bicyclic) bond motifs is 1. The molecule has 2 heterocycles. The van der Waals surface area contributed by atoms with E-state index >= 15 is 0 Å². The number of nitrogens with one attached hydrogen (secondary N) is 1. The molecule has 1 aromatic carbocycles. The van der Waals surface area contributed by atoms with E-state index in [1.807, 2.05) is 19.1 Å². The second-order valence-corrected chi connectivity index (χ2v) is 8.60. The Morgan fingerprint density at radius 2 is 2.20 bits per heavy atom. The lowest BCUT2D eigenvalue weighted by molar-refractivity contribution is 0.267. The molecule has 110 valence electrons. The van der Waals surface area contributed by atoms with Crippen LogP contribution in [0.4, 0.5) is 5.69 Å². The van der Waals surface area contributed by atoms with Gasteiger partial charge in [-0.25, -0.2) is 8.42 Å². The molecule has 0 spiro atoms. The van der Waals surface area contributed by atoms with Gasteiger partial charge in [0.05, 0.1) is 5.75 Å². The van der Waals surface area contributed by atoms with Crippen molar-refractivity contribution in [2.24, 2.45) is 0 Å². The highest BCUT2D eigenvalue weighted by atomic mass is 32.2. The van der Waals surface area contributed by atoms with E-state index in [0.29, 0.717) is 12.2 Å². The van der Waals surface area contributed by atoms with Crippen LogP contribution in [0.15, 0.2) is 18.2 Å². The molecule has 1 fully saturated rings. The van der Waals surface area contributed by atoms with Crippen molar-refractivity contribution in [1.82, 2.24) is 0 Å². The third-order valence-corrected chi connectivity index (χ3v) is 7.10. The molecule has 20 heavy (non-hydrogen) atoms. The Morgan fingerprint density at radius 1 is 1.35 bits per heavy atom. The fourth-order valence-electron chi connectivity index (χ4n) is 3.04. The van der Waals surface area contributed by atoms with Gasteiger partial charge in [-0.3, -0.25) is 0 Å². The van der Waals surface area contributed by atoms with Gasteiger partial charge < -0.3 is 10.1 Å². The minimum absolute atomic E-state index is 0.256. The average Bonchev–Trinajstić information content (AvgIpc) is 2.71. The van der Waals surface area contributed by atoms with Gasteiger partial charge in [-0.1, -0.05) is 6.07 Å². The van der Waals surface area contributed by atoms with E-state index in [0.717, 1.165) is 37.2 Å². The number of sulfone groups is 1. The quantitative estimate of drug-likeness (QED) is 0.930. The van der Waals surface area contributed by atoms with Crippen molar-refractivity contribution in [3.63, 3.8) is 0 Å². The summed E-state index contributed by atoms with van der Waals surface area (Å²) in [5.74, 6) is 1.12. The standard InChI is InChI=1S/C15H21NO3S/c1-15(8-4-10-20(15,17)18)11-19-14-7-2-6-13-12(14)5-3-9-16-13/h2,6-7,16H,3-5,8-11H2,1H3. The van der Waals surface area contributed by atoms with Gasteiger partial charge in [-0.15, -0.1) is 0 Å². The van der Waals surface area contributed by atoms with Gasteiger partial charge in [0.25, 0.3) is 0 Å². The third kappa shape index (κ3) is 2.28. The first kappa shape index (κ1) is 13.7. The van der Waals surface area contributed by atoms with Crippen molar-refractivity contribution >= 4 is 15.5 Å². The van der Waals surface area contributed by atoms with Gasteiger partial charge in [-0.05, 0) is 44.7 Å². The van der Waals surface area contributed by atoms with E-state index in [4.69, 9.17) is 4.74 Å². The highest BCUT2D eigenvalue weighted by Crippen LogP contribution is 2.35. The Balaban J connectivity index is 1.79. The molecular formula is C15H21NO3S. The van der Waals surface area contributed by atoms with Crippen molar-refractivity contribution in [3.05, 3.63) is 23.8 Å². The second-order valence-electron chi connectivity index (χ2n) is 5.97. The first-order valence-corrected chi connectivity index (χ1v) is 8.88. The molecule has 0 amide bonds. The second kappa shape index (κ2) is 4.95. The van der Waals surface area contributed by atoms with Crippen LogP contribution in [0.25, 0.3) is 0 Å². The Bertz CT molecular complexity index is 612. The van der Waals surface area contributed by atoms with E-state index in [1.54, 1.807) is 0 Å². The molecule has 0 aromatic heterocycles. The first-order chi connectivity index (χ1) is 9.52. The molecule has 2 aliphatic rings. The third-order valence-electron chi connectivity index (χ3n) is 4.45. The molecule has 1 saturated heterocycles. The zero-order valence-corrected chi connectivity index (χ0v) is 12.6. The number of ether oxygens (including phenoxy) is 1. The summed E-state index contributed by atoms with van der Waals surface area (Å²) < 4.78 is 29.4. The van der Waals surface area contributed by atoms with Crippen molar-refractivity contribution < 1.29 is 13.2 Å². The molecule has 2 aliphatic heterocycles. The molecule has 1 N–H and O–H groups in total. The number of rotatable bonds is 3. The van der Waals surface area contributed by atoms with Crippen LogP contribution in [0.2, 0.25) is 0 Å². The Hall–Kier alpha value is -1.23. The smallest absolute Gasteiger partial charge is 0.159 e. The van der Waals surface area contributed by atoms with Crippen LogP contribution >= 0.6 is 0 Å². The maximum Gasteiger partial charge on any atom is 0.159 e. The van der Waals surface area contributed by atoms with Gasteiger partial charge in [0.15, 0.2) is 9.84 Å². The van der Waals surface area contributed by atoms with Crippen LogP contribution < -0.4 is 10.1 Å². The zero-order chi connectivity index (χ0) is 14.2. The molecule has 0 aliphatic carbocycles. The molecule has 5 heteroatoms. The Labute approximate surface area is 120 Å². The van der Waals surface area contributed by atoms with Gasteiger partial charge in [-0.2, -0.15) is 0 Å². The van der Waals surface area contributed by atoms with Crippen LogP contribution in [0, 0.1) is 0 Å². The predicted molar refractivity (Wildman–Crippen MR) is 80.2 cm³/mol. The fourth-order valence-corrected chi connectivity index (χ4v) is 4.75. The maximum atomic E-state index is 12.1. The lowest BCUT2D eigenvalue weighted by Gasteiger charge is -2.26. The first-order valence-electron chi connectivity index (χ1n) is 7.23. The number of hydrogen-bond donors (Lipinski definition) is 1. The number of benzene rings is 1. The summed E-state index contributed by atoms with van der Waals surface area (Å²) in [6.45, 7) is 3.05. The van der Waals surface area contributed by atoms with Gasteiger partial charge >= 0.3 is 0 Å². The van der Waals surface area contributed by atoms with E-state index in [9.17, 15) is 8.42 Å². The minimum atomic E-state index is -3.02. The van der Waals surface area contributed by atoms with Crippen molar-refractivity contribution in [3.8, 4) is 5.75 Å². The van der Waals surface area contributed by atoms with Crippen LogP contribution in [0.1, 0.15) is 31.7 Å². The Kier molecular flexibility index (Phi) is 3.40. The highest BCUT2D eigenvalue weighted by Gasteiger charge is 2.44. The van der Waals surface area contributed by atoms with Crippen LogP contribution in [-0.2, 0) is 16.3 Å². The lowest BCUT2D eigenvalue weighted by Crippen LogP contribution is -2.37. The van der Waals surface area contributed by atoms with E-state index in [2.05, 4.69) is 11.4 Å². The summed E-state index contributed by atoms with van der Waals surface area (Å²) in [5, 5.41) is 3.36. The van der Waals surface area contributed by atoms with Crippen molar-refractivity contribution in [1.29, 1.82) is 0 Å². The van der Waals surface area contributed by atoms with Gasteiger partial charge in [0.2, 0.25) is 0 Å². The summed E-state index contributed by atoms with van der Waals surface area (Å²) in [6.07, 6.45) is 3.52. The highest BCUT2D eigenvalue weighted by molar-refractivity contribution is 7.93. The summed E-state index contributed by atoms with van der Waals surface area (Å²) in [6, 6.07) is 5.95. The summed E-state index contributed by atoms with van der Waals surface area (Å²) in [7, 11) is -3.02. The topological polar surface area (TPSA) is 55.4 Å². The minimum Gasteiger partial charge on any atom is -0.492 e. The largest absolute Gasteiger partial charge is 0.492 e. The van der Waals surface area contributed by atoms with Crippen LogP contribution in [0.3, 0.4) is 0 Å². The molecule has 0 radical (unpaired) electrons. The predicted octanol–water partition coefficient (Wildman–Crippen LogP) is 2.39. The molecule has 1 unspecified atom stereocenters. The van der Waals surface area contributed by atoms with Crippen molar-refractivity contribution in [2.75, 3.05) is 24.2 Å². The normalized spacial score (nSPS) is 27.6.